The molecule has 0 aliphatic heterocycles. The number of hydrogen-bond donors (Lipinski definition) is 3. The van der Waals surface area contributed by atoms with Crippen molar-refractivity contribution < 1.29 is 4.79 Å². The second-order valence-electron chi connectivity index (χ2n) is 7.89. The fourth-order valence-corrected chi connectivity index (χ4v) is 4.16. The normalized spacial score (nSPS) is 14.9. The van der Waals surface area contributed by atoms with Crippen molar-refractivity contribution in [2.24, 2.45) is 5.73 Å². The molecule has 1 fully saturated rings. The van der Waals surface area contributed by atoms with Gasteiger partial charge in [0.15, 0.2) is 0 Å². The van der Waals surface area contributed by atoms with Crippen LogP contribution in [0.1, 0.15) is 53.5 Å². The first-order valence-corrected chi connectivity index (χ1v) is 9.99. The fourth-order valence-electron chi connectivity index (χ4n) is 4.16. The van der Waals surface area contributed by atoms with Crippen molar-refractivity contribution in [1.82, 2.24) is 19.5 Å². The van der Waals surface area contributed by atoms with Gasteiger partial charge in [-0.25, -0.2) is 9.97 Å². The highest BCUT2D eigenvalue weighted by atomic mass is 16.1. The number of H-pyrrole nitrogens is 1. The van der Waals surface area contributed by atoms with E-state index in [1.165, 1.54) is 12.5 Å². The van der Waals surface area contributed by atoms with Crippen molar-refractivity contribution >= 4 is 33.5 Å². The van der Waals surface area contributed by atoms with E-state index in [0.717, 1.165) is 34.9 Å². The second-order valence-corrected chi connectivity index (χ2v) is 7.89. The van der Waals surface area contributed by atoms with Gasteiger partial charge in [-0.2, -0.15) is 0 Å². The number of aromatic amines is 1. The number of amides is 1. The Balaban J connectivity index is 1.64. The van der Waals surface area contributed by atoms with Gasteiger partial charge in [-0.15, -0.1) is 0 Å². The minimum atomic E-state index is -0.553. The van der Waals surface area contributed by atoms with Gasteiger partial charge in [0.2, 0.25) is 0 Å². The van der Waals surface area contributed by atoms with Gasteiger partial charge >= 0.3 is 0 Å². The van der Waals surface area contributed by atoms with E-state index in [-0.39, 0.29) is 17.6 Å². The summed E-state index contributed by atoms with van der Waals surface area (Å²) < 4.78 is 1.91. The van der Waals surface area contributed by atoms with Crippen LogP contribution < -0.4 is 16.6 Å². The van der Waals surface area contributed by atoms with Crippen LogP contribution in [0.15, 0.2) is 41.6 Å². The average molecular weight is 402 g/mol. The highest BCUT2D eigenvalue weighted by Gasteiger charge is 2.29. The maximum Gasteiger partial charge on any atom is 0.259 e. The number of aromatic nitrogens is 4. The SMILES string of the molecule is Cc1cccc2cc([C@H](C)Nc3ncnc4[nH]cc(C(N)=O)c34)n(C3CC3)c(=O)c12. The van der Waals surface area contributed by atoms with Crippen molar-refractivity contribution in [3.05, 3.63) is 64.0 Å². The number of nitrogens with one attached hydrogen (secondary N) is 2. The molecular weight excluding hydrogens is 380 g/mol. The van der Waals surface area contributed by atoms with Crippen molar-refractivity contribution in [2.75, 3.05) is 5.32 Å². The highest BCUT2D eigenvalue weighted by molar-refractivity contribution is 6.08. The largest absolute Gasteiger partial charge is 0.366 e. The van der Waals surface area contributed by atoms with Crippen molar-refractivity contribution in [2.45, 2.75) is 38.8 Å². The lowest BCUT2D eigenvalue weighted by molar-refractivity contribution is 0.100. The van der Waals surface area contributed by atoms with Gasteiger partial charge in [0, 0.05) is 17.9 Å². The van der Waals surface area contributed by atoms with Gasteiger partial charge in [0.25, 0.3) is 11.5 Å². The predicted molar refractivity (Wildman–Crippen MR) is 116 cm³/mol. The summed E-state index contributed by atoms with van der Waals surface area (Å²) in [7, 11) is 0. The molecule has 152 valence electrons. The molecule has 1 atom stereocenters. The first-order valence-electron chi connectivity index (χ1n) is 9.99. The Kier molecular flexibility index (Phi) is 4.09. The molecule has 0 spiro atoms. The van der Waals surface area contributed by atoms with Crippen LogP contribution in [0.2, 0.25) is 0 Å². The zero-order valence-corrected chi connectivity index (χ0v) is 16.8. The summed E-state index contributed by atoms with van der Waals surface area (Å²) in [6, 6.07) is 7.98. The molecule has 8 nitrogen and oxygen atoms in total. The maximum absolute atomic E-state index is 13.4. The van der Waals surface area contributed by atoms with E-state index in [9.17, 15) is 9.59 Å². The van der Waals surface area contributed by atoms with E-state index in [1.54, 1.807) is 0 Å². The summed E-state index contributed by atoms with van der Waals surface area (Å²) in [6.45, 7) is 3.96. The molecule has 4 aromatic rings. The number of fused-ring (bicyclic) bond motifs is 2. The zero-order chi connectivity index (χ0) is 21.0. The fraction of sp³-hybridized carbons (Fsp3) is 0.273. The number of benzene rings is 1. The second kappa shape index (κ2) is 6.69. The molecule has 1 amide bonds. The Labute approximate surface area is 172 Å². The maximum atomic E-state index is 13.4. The van der Waals surface area contributed by atoms with E-state index < -0.39 is 5.91 Å². The summed E-state index contributed by atoms with van der Waals surface area (Å²) in [5.41, 5.74) is 8.29. The summed E-state index contributed by atoms with van der Waals surface area (Å²) in [4.78, 5) is 36.7. The molecule has 8 heteroatoms. The summed E-state index contributed by atoms with van der Waals surface area (Å²) in [6.07, 6.45) is 4.96. The highest BCUT2D eigenvalue weighted by Crippen LogP contribution is 2.37. The number of primary amides is 1. The molecule has 1 saturated carbocycles. The topological polar surface area (TPSA) is 119 Å². The number of rotatable bonds is 5. The van der Waals surface area contributed by atoms with Crippen LogP contribution in [-0.4, -0.2) is 25.4 Å². The van der Waals surface area contributed by atoms with Crippen LogP contribution in [-0.2, 0) is 0 Å². The molecule has 0 saturated heterocycles. The Hall–Kier alpha value is -3.68. The van der Waals surface area contributed by atoms with E-state index in [2.05, 4.69) is 26.3 Å². The number of carbonyl (C=O) groups excluding carboxylic acids is 1. The molecule has 0 unspecified atom stereocenters. The van der Waals surface area contributed by atoms with Crippen LogP contribution in [0.25, 0.3) is 21.8 Å². The molecule has 30 heavy (non-hydrogen) atoms. The van der Waals surface area contributed by atoms with Crippen LogP contribution in [0, 0.1) is 6.92 Å². The Morgan fingerprint density at radius 2 is 2.10 bits per heavy atom. The van der Waals surface area contributed by atoms with E-state index in [4.69, 9.17) is 5.73 Å². The first-order chi connectivity index (χ1) is 14.5. The molecule has 1 aliphatic rings. The number of hydrogen-bond acceptors (Lipinski definition) is 5. The first kappa shape index (κ1) is 18.4. The molecular formula is C22H22N6O2. The van der Waals surface area contributed by atoms with Gasteiger partial charge in [-0.05, 0) is 43.7 Å². The smallest absolute Gasteiger partial charge is 0.259 e. The van der Waals surface area contributed by atoms with Gasteiger partial charge in [-0.1, -0.05) is 18.2 Å². The summed E-state index contributed by atoms with van der Waals surface area (Å²) in [5, 5.41) is 5.62. The predicted octanol–water partition coefficient (Wildman–Crippen LogP) is 3.19. The number of carbonyl (C=O) groups is 1. The van der Waals surface area contributed by atoms with Crippen LogP contribution >= 0.6 is 0 Å². The minimum Gasteiger partial charge on any atom is -0.366 e. The zero-order valence-electron chi connectivity index (χ0n) is 16.8. The lowest BCUT2D eigenvalue weighted by Gasteiger charge is -2.22. The van der Waals surface area contributed by atoms with Crippen LogP contribution in [0.4, 0.5) is 5.82 Å². The third kappa shape index (κ3) is 2.83. The number of nitrogens with zero attached hydrogens (tertiary/aromatic N) is 3. The molecule has 1 aromatic carbocycles. The number of nitrogens with two attached hydrogens (primary N) is 1. The van der Waals surface area contributed by atoms with E-state index in [1.807, 2.05) is 36.6 Å². The van der Waals surface area contributed by atoms with Crippen molar-refractivity contribution in [3.8, 4) is 0 Å². The number of pyridine rings is 1. The van der Waals surface area contributed by atoms with Crippen molar-refractivity contribution in [1.29, 1.82) is 0 Å². The summed E-state index contributed by atoms with van der Waals surface area (Å²) >= 11 is 0. The molecule has 1 aliphatic carbocycles. The van der Waals surface area contributed by atoms with Crippen LogP contribution in [0.5, 0.6) is 0 Å². The lowest BCUT2D eigenvalue weighted by atomic mass is 10.0. The van der Waals surface area contributed by atoms with Gasteiger partial charge in [0.05, 0.1) is 22.4 Å². The molecule has 3 heterocycles. The lowest BCUT2D eigenvalue weighted by Crippen LogP contribution is -2.26. The third-order valence-corrected chi connectivity index (χ3v) is 5.76. The number of aryl methyl sites for hydroxylation is 1. The monoisotopic (exact) mass is 402 g/mol. The molecule has 4 N–H and O–H groups in total. The minimum absolute atomic E-state index is 0.0454. The third-order valence-electron chi connectivity index (χ3n) is 5.76. The Bertz CT molecular complexity index is 1370. The molecule has 0 bridgehead atoms. The molecule has 5 rings (SSSR count). The van der Waals surface area contributed by atoms with Crippen molar-refractivity contribution in [3.63, 3.8) is 0 Å². The average Bonchev–Trinajstić information content (AvgIpc) is 3.44. The standard InChI is InChI=1S/C22H22N6O2/c1-11-4-3-5-13-8-16(28(14-6-7-14)22(30)17(11)13)12(2)27-21-18-15(19(23)29)9-24-20(18)25-10-26-21/h3-5,8-10,12,14H,6-7H2,1-2H3,(H2,23,29)(H2,24,25,26,27)/t12-/m0/s1. The number of anilines is 1. The van der Waals surface area contributed by atoms with Gasteiger partial charge in [-0.3, -0.25) is 9.59 Å². The molecule has 3 aromatic heterocycles. The van der Waals surface area contributed by atoms with E-state index in [0.29, 0.717) is 22.4 Å². The van der Waals surface area contributed by atoms with Crippen LogP contribution in [0.3, 0.4) is 0 Å². The summed E-state index contributed by atoms with van der Waals surface area (Å²) in [5.74, 6) is -0.0514. The quantitative estimate of drug-likeness (QED) is 0.474. The van der Waals surface area contributed by atoms with E-state index >= 15 is 0 Å². The molecule has 0 radical (unpaired) electrons. The van der Waals surface area contributed by atoms with Gasteiger partial charge in [0.1, 0.15) is 17.8 Å². The van der Waals surface area contributed by atoms with Gasteiger partial charge < -0.3 is 20.6 Å². The Morgan fingerprint density at radius 3 is 2.83 bits per heavy atom. The Morgan fingerprint density at radius 1 is 1.30 bits per heavy atom.